The summed E-state index contributed by atoms with van der Waals surface area (Å²) in [6.45, 7) is 7.23. The molecule has 0 aromatic carbocycles. The van der Waals surface area contributed by atoms with Crippen LogP contribution >= 0.6 is 0 Å². The molecule has 0 aromatic rings. The fraction of sp³-hybridized carbons (Fsp3) is 0.615. The van der Waals surface area contributed by atoms with E-state index in [2.05, 4.69) is 23.2 Å². The topological polar surface area (TPSA) is 58.6 Å². The van der Waals surface area contributed by atoms with E-state index in [1.54, 1.807) is 0 Å². The first-order valence-corrected chi connectivity index (χ1v) is 6.04. The fourth-order valence-electron chi connectivity index (χ4n) is 1.36. The van der Waals surface area contributed by atoms with Gasteiger partial charge in [-0.05, 0) is 25.7 Å². The van der Waals surface area contributed by atoms with Crippen molar-refractivity contribution in [3.8, 4) is 0 Å². The van der Waals surface area contributed by atoms with Crippen LogP contribution in [0.5, 0.6) is 0 Å². The summed E-state index contributed by atoms with van der Waals surface area (Å²) in [5, 5.41) is 11.8. The largest absolute Gasteiger partial charge is 0.445 e. The Kier molecular flexibility index (Phi) is 10.4. The standard InChI is InChI=1S/C13H23NO3/c1-3-5-6-7-8-9-10-12(15)14-13(16)17-11-4-2/h3-4,12,15H,1-2,5-11H2,(H,14,16). The second-order valence-corrected chi connectivity index (χ2v) is 3.83. The molecule has 0 aliphatic rings. The summed E-state index contributed by atoms with van der Waals surface area (Å²) in [6.07, 6.45) is 7.74. The van der Waals surface area contributed by atoms with Crippen LogP contribution in [0.1, 0.15) is 38.5 Å². The lowest BCUT2D eigenvalue weighted by Crippen LogP contribution is -2.35. The van der Waals surface area contributed by atoms with Crippen molar-refractivity contribution in [1.82, 2.24) is 5.32 Å². The van der Waals surface area contributed by atoms with Gasteiger partial charge in [0, 0.05) is 0 Å². The molecule has 4 heteroatoms. The summed E-state index contributed by atoms with van der Waals surface area (Å²) < 4.78 is 4.68. The molecule has 17 heavy (non-hydrogen) atoms. The highest BCUT2D eigenvalue weighted by molar-refractivity contribution is 5.67. The maximum absolute atomic E-state index is 11.0. The van der Waals surface area contributed by atoms with Crippen molar-refractivity contribution in [2.45, 2.75) is 44.8 Å². The van der Waals surface area contributed by atoms with E-state index in [0.29, 0.717) is 6.42 Å². The van der Waals surface area contributed by atoms with Gasteiger partial charge in [-0.2, -0.15) is 0 Å². The zero-order valence-electron chi connectivity index (χ0n) is 10.4. The molecule has 1 unspecified atom stereocenters. The number of unbranched alkanes of at least 4 members (excludes halogenated alkanes) is 4. The average molecular weight is 241 g/mol. The Balaban J connectivity index is 3.38. The van der Waals surface area contributed by atoms with Gasteiger partial charge in [-0.1, -0.05) is 31.6 Å². The van der Waals surface area contributed by atoms with E-state index in [-0.39, 0.29) is 6.61 Å². The number of allylic oxidation sites excluding steroid dienone is 1. The summed E-state index contributed by atoms with van der Waals surface area (Å²) in [4.78, 5) is 11.0. The number of aliphatic hydroxyl groups excluding tert-OH is 1. The monoisotopic (exact) mass is 241 g/mol. The Labute approximate surface area is 103 Å². The lowest BCUT2D eigenvalue weighted by atomic mass is 10.1. The van der Waals surface area contributed by atoms with E-state index in [4.69, 9.17) is 0 Å². The maximum atomic E-state index is 11.0. The molecular formula is C13H23NO3. The lowest BCUT2D eigenvalue weighted by molar-refractivity contribution is 0.0978. The minimum absolute atomic E-state index is 0.153. The van der Waals surface area contributed by atoms with Crippen molar-refractivity contribution in [1.29, 1.82) is 0 Å². The molecule has 0 fully saturated rings. The van der Waals surface area contributed by atoms with Crippen LogP contribution in [0, 0.1) is 0 Å². The summed E-state index contributed by atoms with van der Waals surface area (Å²) in [6, 6.07) is 0. The number of amides is 1. The Morgan fingerprint density at radius 3 is 2.59 bits per heavy atom. The lowest BCUT2D eigenvalue weighted by Gasteiger charge is -2.12. The molecule has 1 atom stereocenters. The highest BCUT2D eigenvalue weighted by Crippen LogP contribution is 2.06. The van der Waals surface area contributed by atoms with Gasteiger partial charge in [0.05, 0.1) is 0 Å². The fourth-order valence-corrected chi connectivity index (χ4v) is 1.36. The number of ether oxygens (including phenoxy) is 1. The predicted octanol–water partition coefficient (Wildman–Crippen LogP) is 2.74. The quantitative estimate of drug-likeness (QED) is 0.351. The molecule has 0 aliphatic carbocycles. The number of carbonyl (C=O) groups is 1. The minimum Gasteiger partial charge on any atom is -0.445 e. The van der Waals surface area contributed by atoms with E-state index in [1.165, 1.54) is 6.08 Å². The molecule has 0 aromatic heterocycles. The van der Waals surface area contributed by atoms with Crippen molar-refractivity contribution in [3.05, 3.63) is 25.3 Å². The van der Waals surface area contributed by atoms with E-state index in [1.807, 2.05) is 6.08 Å². The van der Waals surface area contributed by atoms with Crippen molar-refractivity contribution < 1.29 is 14.6 Å². The van der Waals surface area contributed by atoms with Crippen LogP contribution in [0.2, 0.25) is 0 Å². The smallest absolute Gasteiger partial charge is 0.409 e. The number of carbonyl (C=O) groups excluding carboxylic acids is 1. The van der Waals surface area contributed by atoms with Gasteiger partial charge >= 0.3 is 6.09 Å². The molecular weight excluding hydrogens is 218 g/mol. The molecule has 4 nitrogen and oxygen atoms in total. The Morgan fingerprint density at radius 2 is 1.94 bits per heavy atom. The Hall–Kier alpha value is -1.29. The molecule has 0 aliphatic heterocycles. The van der Waals surface area contributed by atoms with Gasteiger partial charge in [-0.15, -0.1) is 6.58 Å². The van der Waals surface area contributed by atoms with Gasteiger partial charge in [-0.25, -0.2) is 4.79 Å². The summed E-state index contributed by atoms with van der Waals surface area (Å²) in [5.41, 5.74) is 0. The highest BCUT2D eigenvalue weighted by Gasteiger charge is 2.08. The van der Waals surface area contributed by atoms with Crippen LogP contribution in [-0.2, 0) is 4.74 Å². The van der Waals surface area contributed by atoms with E-state index in [9.17, 15) is 9.90 Å². The Morgan fingerprint density at radius 1 is 1.24 bits per heavy atom. The molecule has 2 N–H and O–H groups in total. The van der Waals surface area contributed by atoms with E-state index < -0.39 is 12.3 Å². The number of hydrogen-bond donors (Lipinski definition) is 2. The molecule has 0 saturated carbocycles. The number of alkyl carbamates (subject to hydrolysis) is 1. The third-order valence-corrected chi connectivity index (χ3v) is 2.25. The predicted molar refractivity (Wildman–Crippen MR) is 68.6 cm³/mol. The number of aliphatic hydroxyl groups is 1. The van der Waals surface area contributed by atoms with Gasteiger partial charge < -0.3 is 9.84 Å². The molecule has 98 valence electrons. The first kappa shape index (κ1) is 15.7. The molecule has 0 heterocycles. The molecule has 0 saturated heterocycles. The average Bonchev–Trinajstić information content (AvgIpc) is 2.31. The van der Waals surface area contributed by atoms with Gasteiger partial charge in [0.15, 0.2) is 0 Å². The van der Waals surface area contributed by atoms with Crippen LogP contribution in [0.3, 0.4) is 0 Å². The van der Waals surface area contributed by atoms with Crippen LogP contribution in [0.25, 0.3) is 0 Å². The molecule has 0 bridgehead atoms. The Bertz CT molecular complexity index is 229. The second kappa shape index (κ2) is 11.2. The zero-order chi connectivity index (χ0) is 12.9. The van der Waals surface area contributed by atoms with Crippen LogP contribution in [0.15, 0.2) is 25.3 Å². The summed E-state index contributed by atoms with van der Waals surface area (Å²) >= 11 is 0. The minimum atomic E-state index is -0.827. The van der Waals surface area contributed by atoms with E-state index >= 15 is 0 Å². The van der Waals surface area contributed by atoms with Gasteiger partial charge in [-0.3, -0.25) is 5.32 Å². The van der Waals surface area contributed by atoms with Crippen molar-refractivity contribution in [3.63, 3.8) is 0 Å². The van der Waals surface area contributed by atoms with Gasteiger partial charge in [0.1, 0.15) is 12.8 Å². The third-order valence-electron chi connectivity index (χ3n) is 2.25. The number of rotatable bonds is 10. The first-order chi connectivity index (χ1) is 8.20. The molecule has 0 radical (unpaired) electrons. The van der Waals surface area contributed by atoms with Crippen LogP contribution in [0.4, 0.5) is 4.79 Å². The van der Waals surface area contributed by atoms with Crippen LogP contribution < -0.4 is 5.32 Å². The molecule has 0 rings (SSSR count). The summed E-state index contributed by atoms with van der Waals surface area (Å²) in [7, 11) is 0. The first-order valence-electron chi connectivity index (χ1n) is 6.04. The third kappa shape index (κ3) is 11.0. The van der Waals surface area contributed by atoms with Crippen molar-refractivity contribution in [2.24, 2.45) is 0 Å². The van der Waals surface area contributed by atoms with Gasteiger partial charge in [0.25, 0.3) is 0 Å². The van der Waals surface area contributed by atoms with Crippen molar-refractivity contribution in [2.75, 3.05) is 6.61 Å². The SMILES string of the molecule is C=CCCCCCCC(O)NC(=O)OCC=C. The van der Waals surface area contributed by atoms with Crippen LogP contribution in [-0.4, -0.2) is 24.0 Å². The van der Waals surface area contributed by atoms with Crippen molar-refractivity contribution >= 4 is 6.09 Å². The zero-order valence-corrected chi connectivity index (χ0v) is 10.4. The molecule has 0 spiro atoms. The van der Waals surface area contributed by atoms with E-state index in [0.717, 1.165) is 32.1 Å². The number of hydrogen-bond acceptors (Lipinski definition) is 3. The molecule has 1 amide bonds. The summed E-state index contributed by atoms with van der Waals surface area (Å²) in [5.74, 6) is 0. The maximum Gasteiger partial charge on any atom is 0.409 e. The van der Waals surface area contributed by atoms with Gasteiger partial charge in [0.2, 0.25) is 0 Å². The second-order valence-electron chi connectivity index (χ2n) is 3.83. The normalized spacial score (nSPS) is 11.6. The number of nitrogens with one attached hydrogen (secondary N) is 1. The highest BCUT2D eigenvalue weighted by atomic mass is 16.5.